The highest BCUT2D eigenvalue weighted by atomic mass is 32.1. The predicted octanol–water partition coefficient (Wildman–Crippen LogP) is 12.8. The molecular formula is C40H26N2S2. The SMILES string of the molecule is c1ccc(N(c2ccc3c(c2)sc2c(Nc4cccc5c4sc4ccccc45)cccc23)c2cccc3ccccc23)cc1. The first-order valence-corrected chi connectivity index (χ1v) is 16.4. The fourth-order valence-electron chi connectivity index (χ4n) is 6.42. The molecule has 7 aromatic carbocycles. The normalized spacial score (nSPS) is 11.6. The minimum absolute atomic E-state index is 1.14. The highest BCUT2D eigenvalue weighted by molar-refractivity contribution is 7.27. The molecule has 0 spiro atoms. The third-order valence-electron chi connectivity index (χ3n) is 8.44. The third kappa shape index (κ3) is 4.07. The molecule has 0 aliphatic rings. The van der Waals surface area contributed by atoms with Crippen LogP contribution in [-0.2, 0) is 0 Å². The van der Waals surface area contributed by atoms with Crippen LogP contribution in [0.25, 0.3) is 51.1 Å². The summed E-state index contributed by atoms with van der Waals surface area (Å²) in [6.07, 6.45) is 0. The summed E-state index contributed by atoms with van der Waals surface area (Å²) in [5.74, 6) is 0. The molecule has 9 rings (SSSR count). The van der Waals surface area contributed by atoms with E-state index in [0.717, 1.165) is 22.7 Å². The maximum Gasteiger partial charge on any atom is 0.0590 e. The van der Waals surface area contributed by atoms with Crippen molar-refractivity contribution in [3.8, 4) is 0 Å². The second-order valence-electron chi connectivity index (χ2n) is 11.0. The molecule has 2 aromatic heterocycles. The molecule has 0 unspecified atom stereocenters. The zero-order chi connectivity index (χ0) is 29.0. The Morgan fingerprint density at radius 2 is 1.00 bits per heavy atom. The Balaban J connectivity index is 1.19. The second-order valence-corrected chi connectivity index (χ2v) is 13.1. The second kappa shape index (κ2) is 10.2. The minimum atomic E-state index is 1.14. The van der Waals surface area contributed by atoms with E-state index in [0.29, 0.717) is 0 Å². The molecule has 2 heterocycles. The molecule has 44 heavy (non-hydrogen) atoms. The van der Waals surface area contributed by atoms with Gasteiger partial charge in [-0.25, -0.2) is 0 Å². The Kier molecular flexibility index (Phi) is 5.90. The van der Waals surface area contributed by atoms with Gasteiger partial charge in [-0.1, -0.05) is 103 Å². The molecule has 0 atom stereocenters. The first-order valence-electron chi connectivity index (χ1n) is 14.8. The molecule has 208 valence electrons. The van der Waals surface area contributed by atoms with Crippen molar-refractivity contribution in [1.29, 1.82) is 0 Å². The zero-order valence-electron chi connectivity index (χ0n) is 23.7. The Morgan fingerprint density at radius 1 is 0.409 bits per heavy atom. The van der Waals surface area contributed by atoms with E-state index in [1.165, 1.54) is 56.8 Å². The summed E-state index contributed by atoms with van der Waals surface area (Å²) in [5.41, 5.74) is 5.76. The molecule has 9 aromatic rings. The van der Waals surface area contributed by atoms with Gasteiger partial charge in [-0.2, -0.15) is 0 Å². The number of benzene rings is 7. The third-order valence-corrected chi connectivity index (χ3v) is 10.9. The molecule has 1 N–H and O–H groups in total. The summed E-state index contributed by atoms with van der Waals surface area (Å²) in [6.45, 7) is 0. The van der Waals surface area contributed by atoms with Crippen molar-refractivity contribution in [2.45, 2.75) is 0 Å². The quantitative estimate of drug-likeness (QED) is 0.212. The van der Waals surface area contributed by atoms with Gasteiger partial charge in [0.05, 0.1) is 26.5 Å². The van der Waals surface area contributed by atoms with E-state index in [2.05, 4.69) is 162 Å². The van der Waals surface area contributed by atoms with E-state index in [9.17, 15) is 0 Å². The van der Waals surface area contributed by atoms with Crippen LogP contribution in [0.5, 0.6) is 0 Å². The number of fused-ring (bicyclic) bond motifs is 7. The largest absolute Gasteiger partial charge is 0.353 e. The van der Waals surface area contributed by atoms with E-state index in [4.69, 9.17) is 0 Å². The van der Waals surface area contributed by atoms with Crippen molar-refractivity contribution in [2.75, 3.05) is 10.2 Å². The first kappa shape index (κ1) is 25.3. The Labute approximate surface area is 263 Å². The molecule has 0 aliphatic carbocycles. The summed E-state index contributed by atoms with van der Waals surface area (Å²) in [7, 11) is 0. The average Bonchev–Trinajstić information content (AvgIpc) is 3.65. The van der Waals surface area contributed by atoms with Gasteiger partial charge in [-0.05, 0) is 53.9 Å². The van der Waals surface area contributed by atoms with Gasteiger partial charge in [-0.3, -0.25) is 0 Å². The molecule has 0 saturated heterocycles. The monoisotopic (exact) mass is 598 g/mol. The molecule has 0 saturated carbocycles. The van der Waals surface area contributed by atoms with Crippen LogP contribution in [-0.4, -0.2) is 0 Å². The van der Waals surface area contributed by atoms with Gasteiger partial charge < -0.3 is 10.2 Å². The minimum Gasteiger partial charge on any atom is -0.353 e. The van der Waals surface area contributed by atoms with Crippen LogP contribution in [0.2, 0.25) is 0 Å². The number of para-hydroxylation sites is 1. The number of hydrogen-bond donors (Lipinski definition) is 1. The lowest BCUT2D eigenvalue weighted by Crippen LogP contribution is -2.10. The zero-order valence-corrected chi connectivity index (χ0v) is 25.3. The van der Waals surface area contributed by atoms with Crippen LogP contribution in [0.3, 0.4) is 0 Å². The molecule has 0 aliphatic heterocycles. The van der Waals surface area contributed by atoms with Crippen LogP contribution >= 0.6 is 22.7 Å². The molecule has 0 amide bonds. The Hall–Kier alpha value is -5.16. The van der Waals surface area contributed by atoms with Crippen LogP contribution < -0.4 is 10.2 Å². The van der Waals surface area contributed by atoms with Crippen LogP contribution in [0.15, 0.2) is 152 Å². The lowest BCUT2D eigenvalue weighted by molar-refractivity contribution is 1.30. The van der Waals surface area contributed by atoms with Crippen molar-refractivity contribution in [2.24, 2.45) is 0 Å². The summed E-state index contributed by atoms with van der Waals surface area (Å²) in [5, 5.41) is 11.5. The topological polar surface area (TPSA) is 15.3 Å². The van der Waals surface area contributed by atoms with Gasteiger partial charge in [0.25, 0.3) is 0 Å². The number of nitrogens with zero attached hydrogens (tertiary/aromatic N) is 1. The van der Waals surface area contributed by atoms with Crippen molar-refractivity contribution in [3.63, 3.8) is 0 Å². The Bertz CT molecular complexity index is 2480. The van der Waals surface area contributed by atoms with Crippen molar-refractivity contribution in [1.82, 2.24) is 0 Å². The van der Waals surface area contributed by atoms with Gasteiger partial charge >= 0.3 is 0 Å². The molecule has 2 nitrogen and oxygen atoms in total. The van der Waals surface area contributed by atoms with Gasteiger partial charge in [0, 0.05) is 47.7 Å². The molecule has 0 fully saturated rings. The van der Waals surface area contributed by atoms with Crippen molar-refractivity contribution >= 4 is 102 Å². The molecule has 4 heteroatoms. The first-order chi connectivity index (χ1) is 21.8. The standard InChI is InChI=1S/C40H26N2S2/c1-2-13-27(14-3-1)42(36-21-8-12-26-11-4-5-15-29(26)36)28-23-24-31-33-18-10-20-35(40(33)44-38(31)25-28)41-34-19-9-17-32-30-16-6-7-22-37(30)43-39(32)34/h1-25,41H. The fourth-order valence-corrected chi connectivity index (χ4v) is 8.80. The highest BCUT2D eigenvalue weighted by Gasteiger charge is 2.18. The maximum absolute atomic E-state index is 3.83. The smallest absolute Gasteiger partial charge is 0.0590 e. The van der Waals surface area contributed by atoms with E-state index < -0.39 is 0 Å². The summed E-state index contributed by atoms with van der Waals surface area (Å²) in [6, 6.07) is 54.7. The lowest BCUT2D eigenvalue weighted by atomic mass is 10.1. The number of anilines is 5. The fraction of sp³-hybridized carbons (Fsp3) is 0. The van der Waals surface area contributed by atoms with E-state index in [-0.39, 0.29) is 0 Å². The number of rotatable bonds is 5. The average molecular weight is 599 g/mol. The number of nitrogens with one attached hydrogen (secondary N) is 1. The Morgan fingerprint density at radius 3 is 1.80 bits per heavy atom. The molecular weight excluding hydrogens is 573 g/mol. The lowest BCUT2D eigenvalue weighted by Gasteiger charge is -2.27. The number of hydrogen-bond acceptors (Lipinski definition) is 4. The van der Waals surface area contributed by atoms with Crippen LogP contribution in [0, 0.1) is 0 Å². The van der Waals surface area contributed by atoms with Crippen molar-refractivity contribution < 1.29 is 0 Å². The maximum atomic E-state index is 3.83. The summed E-state index contributed by atoms with van der Waals surface area (Å²) < 4.78 is 5.16. The molecule has 0 radical (unpaired) electrons. The number of thiophene rings is 2. The predicted molar refractivity (Wildman–Crippen MR) is 194 cm³/mol. The summed E-state index contributed by atoms with van der Waals surface area (Å²) >= 11 is 3.71. The van der Waals surface area contributed by atoms with E-state index in [1.807, 2.05) is 22.7 Å². The molecule has 0 bridgehead atoms. The van der Waals surface area contributed by atoms with Gasteiger partial charge in [0.2, 0.25) is 0 Å². The van der Waals surface area contributed by atoms with E-state index >= 15 is 0 Å². The van der Waals surface area contributed by atoms with Gasteiger partial charge in [0.1, 0.15) is 0 Å². The van der Waals surface area contributed by atoms with Crippen LogP contribution in [0.1, 0.15) is 0 Å². The van der Waals surface area contributed by atoms with E-state index in [1.54, 1.807) is 0 Å². The van der Waals surface area contributed by atoms with Gasteiger partial charge in [-0.15, -0.1) is 22.7 Å². The van der Waals surface area contributed by atoms with Crippen molar-refractivity contribution in [3.05, 3.63) is 152 Å². The van der Waals surface area contributed by atoms with Crippen LogP contribution in [0.4, 0.5) is 28.4 Å². The van der Waals surface area contributed by atoms with Gasteiger partial charge in [0.15, 0.2) is 0 Å². The highest BCUT2D eigenvalue weighted by Crippen LogP contribution is 2.45. The summed E-state index contributed by atoms with van der Waals surface area (Å²) in [4.78, 5) is 2.38.